The Hall–Kier alpha value is -3.07. The second-order valence-corrected chi connectivity index (χ2v) is 6.87. The standard InChI is InChI=1S/C20H24F2N4O3/c1-3-20(2,29)19(28)26-11-14(13-5-6-15(21)16(22)8-13)18(27)25-10-12-4-7-17(23)24-9-12/h4-9,14,29H,3,10-11H2,1-2H3,(H2,23,24)(H,25,27)(H,26,28)/t14-,20+/m0/s1. The molecular weight excluding hydrogens is 382 g/mol. The van der Waals surface area contributed by atoms with Crippen LogP contribution < -0.4 is 16.4 Å². The summed E-state index contributed by atoms with van der Waals surface area (Å²) in [6.45, 7) is 2.92. The number of halogens is 2. The summed E-state index contributed by atoms with van der Waals surface area (Å²) in [5.74, 6) is -3.98. The van der Waals surface area contributed by atoms with Gasteiger partial charge in [-0.25, -0.2) is 13.8 Å². The van der Waals surface area contributed by atoms with Gasteiger partial charge in [0.05, 0.1) is 5.92 Å². The van der Waals surface area contributed by atoms with Crippen LogP contribution in [-0.4, -0.2) is 34.1 Å². The predicted molar refractivity (Wildman–Crippen MR) is 104 cm³/mol. The van der Waals surface area contributed by atoms with Gasteiger partial charge < -0.3 is 21.5 Å². The number of nitrogen functional groups attached to an aromatic ring is 1. The monoisotopic (exact) mass is 406 g/mol. The highest BCUT2D eigenvalue weighted by molar-refractivity contribution is 5.87. The minimum Gasteiger partial charge on any atom is -0.384 e. The van der Waals surface area contributed by atoms with Crippen LogP contribution in [0.2, 0.25) is 0 Å². The molecule has 2 amide bonds. The zero-order valence-electron chi connectivity index (χ0n) is 16.2. The van der Waals surface area contributed by atoms with Crippen LogP contribution in [0.3, 0.4) is 0 Å². The lowest BCUT2D eigenvalue weighted by molar-refractivity contribution is -0.138. The van der Waals surface area contributed by atoms with Gasteiger partial charge in [0, 0.05) is 19.3 Å². The van der Waals surface area contributed by atoms with Gasteiger partial charge in [0.15, 0.2) is 11.6 Å². The largest absolute Gasteiger partial charge is 0.384 e. The number of aromatic nitrogens is 1. The number of nitrogens with one attached hydrogen (secondary N) is 2. The molecule has 2 aromatic rings. The van der Waals surface area contributed by atoms with E-state index >= 15 is 0 Å². The maximum Gasteiger partial charge on any atom is 0.251 e. The second-order valence-electron chi connectivity index (χ2n) is 6.87. The molecule has 0 radical (unpaired) electrons. The summed E-state index contributed by atoms with van der Waals surface area (Å²) in [4.78, 5) is 28.8. The number of amides is 2. The molecule has 7 nitrogen and oxygen atoms in total. The van der Waals surface area contributed by atoms with Gasteiger partial charge in [-0.15, -0.1) is 0 Å². The van der Waals surface area contributed by atoms with Crippen LogP contribution in [-0.2, 0) is 16.1 Å². The Morgan fingerprint density at radius 3 is 2.52 bits per heavy atom. The van der Waals surface area contributed by atoms with Crippen molar-refractivity contribution in [2.45, 2.75) is 38.3 Å². The fourth-order valence-electron chi connectivity index (χ4n) is 2.49. The lowest BCUT2D eigenvalue weighted by Crippen LogP contribution is -2.46. The molecule has 1 aromatic heterocycles. The Bertz CT molecular complexity index is 873. The van der Waals surface area contributed by atoms with E-state index in [0.29, 0.717) is 11.4 Å². The average Bonchev–Trinajstić information content (AvgIpc) is 2.70. The van der Waals surface area contributed by atoms with E-state index < -0.39 is 35.0 Å². The molecule has 0 aliphatic heterocycles. The lowest BCUT2D eigenvalue weighted by atomic mass is 9.96. The summed E-state index contributed by atoms with van der Waals surface area (Å²) in [6.07, 6.45) is 1.67. The van der Waals surface area contributed by atoms with Crippen LogP contribution in [0.1, 0.15) is 37.3 Å². The summed E-state index contributed by atoms with van der Waals surface area (Å²) in [5.41, 5.74) is 4.79. The van der Waals surface area contributed by atoms with E-state index in [1.165, 1.54) is 19.2 Å². The van der Waals surface area contributed by atoms with Crippen molar-refractivity contribution in [2.24, 2.45) is 0 Å². The number of nitrogens with two attached hydrogens (primary N) is 1. The van der Waals surface area contributed by atoms with Crippen molar-refractivity contribution in [1.29, 1.82) is 0 Å². The second kappa shape index (κ2) is 9.42. The smallest absolute Gasteiger partial charge is 0.251 e. The van der Waals surface area contributed by atoms with E-state index in [1.807, 2.05) is 0 Å². The Kier molecular flexibility index (Phi) is 7.22. The summed E-state index contributed by atoms with van der Waals surface area (Å²) in [5, 5.41) is 15.2. The number of rotatable bonds is 8. The molecule has 2 atom stereocenters. The third kappa shape index (κ3) is 5.95. The highest BCUT2D eigenvalue weighted by Crippen LogP contribution is 2.19. The highest BCUT2D eigenvalue weighted by atomic mass is 19.2. The zero-order valence-corrected chi connectivity index (χ0v) is 16.2. The Labute approximate surface area is 167 Å². The SMILES string of the molecule is CC[C@@](C)(O)C(=O)NC[C@H](C(=O)NCc1ccc(N)nc1)c1ccc(F)c(F)c1. The molecule has 0 saturated heterocycles. The molecule has 0 fully saturated rings. The summed E-state index contributed by atoms with van der Waals surface area (Å²) in [6, 6.07) is 6.38. The maximum absolute atomic E-state index is 13.7. The lowest BCUT2D eigenvalue weighted by Gasteiger charge is -2.23. The number of hydrogen-bond donors (Lipinski definition) is 4. The Balaban J connectivity index is 2.16. The molecule has 1 aromatic carbocycles. The molecule has 0 aliphatic carbocycles. The molecule has 29 heavy (non-hydrogen) atoms. The molecule has 0 unspecified atom stereocenters. The minimum absolute atomic E-state index is 0.132. The third-order valence-corrected chi connectivity index (χ3v) is 4.62. The highest BCUT2D eigenvalue weighted by Gasteiger charge is 2.30. The van der Waals surface area contributed by atoms with Crippen LogP contribution in [0.5, 0.6) is 0 Å². The summed E-state index contributed by atoms with van der Waals surface area (Å²) in [7, 11) is 0. The molecule has 5 N–H and O–H groups in total. The Morgan fingerprint density at radius 1 is 1.21 bits per heavy atom. The molecular formula is C20H24F2N4O3. The summed E-state index contributed by atoms with van der Waals surface area (Å²) < 4.78 is 27.0. The van der Waals surface area contributed by atoms with Crippen LogP contribution in [0.4, 0.5) is 14.6 Å². The number of benzene rings is 1. The molecule has 2 rings (SSSR count). The van der Waals surface area contributed by atoms with Crippen molar-refractivity contribution in [3.63, 3.8) is 0 Å². The van der Waals surface area contributed by atoms with Crippen molar-refractivity contribution in [1.82, 2.24) is 15.6 Å². The van der Waals surface area contributed by atoms with Gasteiger partial charge in [-0.05, 0) is 42.7 Å². The first-order valence-corrected chi connectivity index (χ1v) is 9.07. The van der Waals surface area contributed by atoms with Crippen LogP contribution in [0.15, 0.2) is 36.5 Å². The normalized spacial score (nSPS) is 14.0. The fraction of sp³-hybridized carbons (Fsp3) is 0.350. The van der Waals surface area contributed by atoms with E-state index in [-0.39, 0.29) is 25.1 Å². The molecule has 0 saturated carbocycles. The van der Waals surface area contributed by atoms with Crippen LogP contribution in [0.25, 0.3) is 0 Å². The molecule has 0 aliphatic rings. The van der Waals surface area contributed by atoms with Crippen molar-refractivity contribution in [3.8, 4) is 0 Å². The maximum atomic E-state index is 13.7. The number of nitrogens with zero attached hydrogens (tertiary/aromatic N) is 1. The number of pyridine rings is 1. The van der Waals surface area contributed by atoms with Gasteiger partial charge >= 0.3 is 0 Å². The Morgan fingerprint density at radius 2 is 1.93 bits per heavy atom. The average molecular weight is 406 g/mol. The quantitative estimate of drug-likeness (QED) is 0.531. The van der Waals surface area contributed by atoms with Gasteiger partial charge in [0.1, 0.15) is 11.4 Å². The van der Waals surface area contributed by atoms with E-state index in [2.05, 4.69) is 15.6 Å². The van der Waals surface area contributed by atoms with Crippen LogP contribution in [0, 0.1) is 11.6 Å². The molecule has 0 spiro atoms. The topological polar surface area (TPSA) is 117 Å². The first-order valence-electron chi connectivity index (χ1n) is 9.07. The van der Waals surface area contributed by atoms with Gasteiger partial charge in [-0.2, -0.15) is 0 Å². The molecule has 156 valence electrons. The van der Waals surface area contributed by atoms with Crippen molar-refractivity contribution in [2.75, 3.05) is 12.3 Å². The zero-order chi connectivity index (χ0) is 21.6. The number of carbonyl (C=O) groups is 2. The number of anilines is 1. The van der Waals surface area contributed by atoms with E-state index in [9.17, 15) is 23.5 Å². The van der Waals surface area contributed by atoms with Crippen molar-refractivity contribution >= 4 is 17.6 Å². The number of hydrogen-bond acceptors (Lipinski definition) is 5. The predicted octanol–water partition coefficient (Wildman–Crippen LogP) is 1.62. The van der Waals surface area contributed by atoms with Gasteiger partial charge in [0.2, 0.25) is 5.91 Å². The van der Waals surface area contributed by atoms with Gasteiger partial charge in [-0.3, -0.25) is 9.59 Å². The summed E-state index contributed by atoms with van der Waals surface area (Å²) >= 11 is 0. The fourth-order valence-corrected chi connectivity index (χ4v) is 2.49. The third-order valence-electron chi connectivity index (χ3n) is 4.62. The number of carbonyl (C=O) groups excluding carboxylic acids is 2. The molecule has 1 heterocycles. The molecule has 0 bridgehead atoms. The number of aliphatic hydroxyl groups is 1. The van der Waals surface area contributed by atoms with Crippen molar-refractivity contribution < 1.29 is 23.5 Å². The van der Waals surface area contributed by atoms with E-state index in [4.69, 9.17) is 5.73 Å². The molecule has 9 heteroatoms. The van der Waals surface area contributed by atoms with E-state index in [1.54, 1.807) is 19.1 Å². The van der Waals surface area contributed by atoms with Crippen LogP contribution >= 0.6 is 0 Å². The van der Waals surface area contributed by atoms with Gasteiger partial charge in [-0.1, -0.05) is 19.1 Å². The van der Waals surface area contributed by atoms with Gasteiger partial charge in [0.25, 0.3) is 5.91 Å². The first kappa shape index (κ1) is 22.2. The van der Waals surface area contributed by atoms with E-state index in [0.717, 1.165) is 12.1 Å². The first-order chi connectivity index (χ1) is 13.6. The van der Waals surface area contributed by atoms with Crippen molar-refractivity contribution in [3.05, 3.63) is 59.3 Å². The minimum atomic E-state index is -1.61.